The number of morpholine rings is 1. The van der Waals surface area contributed by atoms with Gasteiger partial charge in [-0.15, -0.1) is 11.3 Å². The van der Waals surface area contributed by atoms with Crippen LogP contribution in [0.1, 0.15) is 50.1 Å². The van der Waals surface area contributed by atoms with Crippen LogP contribution in [0, 0.1) is 0 Å². The fraction of sp³-hybridized carbons (Fsp3) is 0.812. The van der Waals surface area contributed by atoms with Crippen LogP contribution >= 0.6 is 11.3 Å². The molecule has 1 N–H and O–H groups in total. The molecular weight excluding hydrogens is 282 g/mol. The summed E-state index contributed by atoms with van der Waals surface area (Å²) >= 11 is 1.89. The first-order chi connectivity index (χ1) is 10.3. The molecule has 118 valence electrons. The van der Waals surface area contributed by atoms with Gasteiger partial charge >= 0.3 is 0 Å². The largest absolute Gasteiger partial charge is 0.377 e. The van der Waals surface area contributed by atoms with Crippen LogP contribution in [0.2, 0.25) is 0 Å². The average molecular weight is 309 g/mol. The number of rotatable bonds is 7. The van der Waals surface area contributed by atoms with Gasteiger partial charge in [-0.05, 0) is 25.7 Å². The van der Waals surface area contributed by atoms with E-state index < -0.39 is 0 Å². The molecule has 1 aromatic rings. The lowest BCUT2D eigenvalue weighted by atomic mass is 10.2. The molecule has 1 atom stereocenters. The van der Waals surface area contributed by atoms with Crippen molar-refractivity contribution in [1.29, 1.82) is 0 Å². The van der Waals surface area contributed by atoms with E-state index in [1.807, 2.05) is 11.3 Å². The van der Waals surface area contributed by atoms with Crippen molar-refractivity contribution >= 4 is 16.5 Å². The predicted molar refractivity (Wildman–Crippen MR) is 88.2 cm³/mol. The minimum absolute atomic E-state index is 0.489. The predicted octanol–water partition coefficient (Wildman–Crippen LogP) is 2.96. The second-order valence-corrected chi connectivity index (χ2v) is 7.16. The van der Waals surface area contributed by atoms with Gasteiger partial charge in [0.2, 0.25) is 0 Å². The normalized spacial score (nSPS) is 22.8. The number of anilines is 1. The summed E-state index contributed by atoms with van der Waals surface area (Å²) in [7, 11) is 0. The lowest BCUT2D eigenvalue weighted by Crippen LogP contribution is -2.45. The van der Waals surface area contributed by atoms with Crippen molar-refractivity contribution in [3.63, 3.8) is 0 Å². The van der Waals surface area contributed by atoms with Crippen molar-refractivity contribution in [2.75, 3.05) is 24.7 Å². The Morgan fingerprint density at radius 3 is 2.95 bits per heavy atom. The molecule has 0 aromatic carbocycles. The van der Waals surface area contributed by atoms with Crippen molar-refractivity contribution in [2.24, 2.45) is 0 Å². The number of hydrogen-bond donors (Lipinski definition) is 1. The summed E-state index contributed by atoms with van der Waals surface area (Å²) in [5, 5.41) is 4.85. The van der Waals surface area contributed by atoms with Crippen LogP contribution in [0.25, 0.3) is 0 Å². The molecule has 2 aliphatic rings. The molecule has 1 aliphatic carbocycles. The van der Waals surface area contributed by atoms with Gasteiger partial charge in [-0.1, -0.05) is 20.3 Å². The smallest absolute Gasteiger partial charge is 0.186 e. The van der Waals surface area contributed by atoms with Gasteiger partial charge in [-0.25, -0.2) is 4.98 Å². The Labute approximate surface area is 131 Å². The van der Waals surface area contributed by atoms with Crippen molar-refractivity contribution in [1.82, 2.24) is 10.3 Å². The number of thiazole rings is 1. The molecule has 5 heteroatoms. The Morgan fingerprint density at radius 1 is 1.38 bits per heavy atom. The molecule has 1 aliphatic heterocycles. The van der Waals surface area contributed by atoms with Gasteiger partial charge in [0.25, 0.3) is 0 Å². The fourth-order valence-corrected chi connectivity index (χ4v) is 3.99. The summed E-state index contributed by atoms with van der Waals surface area (Å²) in [6.45, 7) is 8.12. The molecule has 0 radical (unpaired) electrons. The third kappa shape index (κ3) is 3.76. The van der Waals surface area contributed by atoms with Gasteiger partial charge in [-0.3, -0.25) is 0 Å². The molecule has 1 saturated carbocycles. The Kier molecular flexibility index (Phi) is 5.14. The topological polar surface area (TPSA) is 37.4 Å². The summed E-state index contributed by atoms with van der Waals surface area (Å²) in [5.41, 5.74) is 1.31. The summed E-state index contributed by atoms with van der Waals surface area (Å²) in [4.78, 5) is 8.88. The zero-order chi connectivity index (χ0) is 14.7. The summed E-state index contributed by atoms with van der Waals surface area (Å²) in [6.07, 6.45) is 6.07. The molecule has 2 fully saturated rings. The first kappa shape index (κ1) is 15.3. The van der Waals surface area contributed by atoms with E-state index in [1.54, 1.807) is 0 Å². The molecule has 4 nitrogen and oxygen atoms in total. The van der Waals surface area contributed by atoms with E-state index in [-0.39, 0.29) is 0 Å². The fourth-order valence-electron chi connectivity index (χ4n) is 2.83. The standard InChI is InChI=1S/C16H27N3OS/c1-3-5-14-15(10-17-12-6-7-12)21-16(18-14)19-8-9-20-11-13(19)4-2/h12-13,17H,3-11H2,1-2H3. The first-order valence-corrected chi connectivity index (χ1v) is 9.19. The summed E-state index contributed by atoms with van der Waals surface area (Å²) in [5.74, 6) is 0. The second kappa shape index (κ2) is 7.07. The molecule has 3 rings (SSSR count). The SMILES string of the molecule is CCCc1nc(N2CCOCC2CC)sc1CNC1CC1. The molecule has 21 heavy (non-hydrogen) atoms. The highest BCUT2D eigenvalue weighted by Gasteiger charge is 2.26. The van der Waals surface area contributed by atoms with E-state index in [9.17, 15) is 0 Å². The lowest BCUT2D eigenvalue weighted by molar-refractivity contribution is 0.0929. The molecule has 1 unspecified atom stereocenters. The Balaban J connectivity index is 1.75. The van der Waals surface area contributed by atoms with Crippen LogP contribution in [0.3, 0.4) is 0 Å². The number of nitrogens with zero attached hydrogens (tertiary/aromatic N) is 2. The van der Waals surface area contributed by atoms with Crippen LogP contribution in [-0.4, -0.2) is 36.8 Å². The van der Waals surface area contributed by atoms with Gasteiger partial charge in [-0.2, -0.15) is 0 Å². The van der Waals surface area contributed by atoms with E-state index >= 15 is 0 Å². The minimum Gasteiger partial charge on any atom is -0.377 e. The highest BCUT2D eigenvalue weighted by Crippen LogP contribution is 2.31. The van der Waals surface area contributed by atoms with E-state index in [1.165, 1.54) is 35.0 Å². The van der Waals surface area contributed by atoms with Crippen molar-refractivity contribution in [2.45, 2.75) is 64.6 Å². The number of nitrogens with one attached hydrogen (secondary N) is 1. The van der Waals surface area contributed by atoms with Gasteiger partial charge in [0.1, 0.15) is 0 Å². The zero-order valence-corrected chi connectivity index (χ0v) is 14.0. The van der Waals surface area contributed by atoms with E-state index in [0.29, 0.717) is 6.04 Å². The van der Waals surface area contributed by atoms with Crippen molar-refractivity contribution < 1.29 is 4.74 Å². The Morgan fingerprint density at radius 2 is 2.24 bits per heavy atom. The van der Waals surface area contributed by atoms with Crippen LogP contribution in [0.4, 0.5) is 5.13 Å². The van der Waals surface area contributed by atoms with Crippen LogP contribution in [0.15, 0.2) is 0 Å². The third-order valence-electron chi connectivity index (χ3n) is 4.33. The molecule has 0 spiro atoms. The van der Waals surface area contributed by atoms with Crippen molar-refractivity contribution in [3.8, 4) is 0 Å². The third-order valence-corrected chi connectivity index (χ3v) is 5.46. The van der Waals surface area contributed by atoms with Gasteiger partial charge in [0.15, 0.2) is 5.13 Å². The molecular formula is C16H27N3OS. The van der Waals surface area contributed by atoms with Crippen LogP contribution in [-0.2, 0) is 17.7 Å². The molecule has 0 amide bonds. The first-order valence-electron chi connectivity index (χ1n) is 8.38. The molecule has 1 saturated heterocycles. The molecule has 2 heterocycles. The van der Waals surface area contributed by atoms with E-state index in [0.717, 1.165) is 45.2 Å². The van der Waals surface area contributed by atoms with Gasteiger partial charge in [0, 0.05) is 24.0 Å². The lowest BCUT2D eigenvalue weighted by Gasteiger charge is -2.34. The monoisotopic (exact) mass is 309 g/mol. The quantitative estimate of drug-likeness (QED) is 0.840. The Bertz CT molecular complexity index is 458. The number of hydrogen-bond acceptors (Lipinski definition) is 5. The Hall–Kier alpha value is -0.650. The van der Waals surface area contributed by atoms with Gasteiger partial charge in [0.05, 0.1) is 24.9 Å². The highest BCUT2D eigenvalue weighted by atomic mass is 32.1. The minimum atomic E-state index is 0.489. The maximum atomic E-state index is 5.62. The van der Waals surface area contributed by atoms with Crippen LogP contribution < -0.4 is 10.2 Å². The summed E-state index contributed by atoms with van der Waals surface area (Å²) < 4.78 is 5.62. The van der Waals surface area contributed by atoms with E-state index in [2.05, 4.69) is 24.1 Å². The highest BCUT2D eigenvalue weighted by molar-refractivity contribution is 7.15. The number of aromatic nitrogens is 1. The van der Waals surface area contributed by atoms with Crippen LogP contribution in [0.5, 0.6) is 0 Å². The van der Waals surface area contributed by atoms with Gasteiger partial charge < -0.3 is 15.0 Å². The second-order valence-electron chi connectivity index (χ2n) is 6.10. The maximum absolute atomic E-state index is 5.62. The molecule has 0 bridgehead atoms. The maximum Gasteiger partial charge on any atom is 0.186 e. The summed E-state index contributed by atoms with van der Waals surface area (Å²) in [6, 6.07) is 1.25. The number of ether oxygens (including phenoxy) is 1. The average Bonchev–Trinajstić information content (AvgIpc) is 3.26. The zero-order valence-electron chi connectivity index (χ0n) is 13.2. The van der Waals surface area contributed by atoms with E-state index in [4.69, 9.17) is 9.72 Å². The molecule has 1 aromatic heterocycles. The number of aryl methyl sites for hydroxylation is 1. The van der Waals surface area contributed by atoms with Crippen molar-refractivity contribution in [3.05, 3.63) is 10.6 Å².